The summed E-state index contributed by atoms with van der Waals surface area (Å²) in [5.41, 5.74) is 1.59. The third-order valence-corrected chi connectivity index (χ3v) is 7.64. The molecule has 0 aliphatic carbocycles. The van der Waals surface area contributed by atoms with Crippen LogP contribution in [0.15, 0.2) is 42.0 Å². The summed E-state index contributed by atoms with van der Waals surface area (Å²) in [5, 5.41) is 6.15. The number of likely N-dealkylation sites (tertiary alicyclic amines) is 1. The number of nitrogens with one attached hydrogen (secondary N) is 2. The first-order valence-corrected chi connectivity index (χ1v) is 14.2. The molecule has 0 aromatic heterocycles. The van der Waals surface area contributed by atoms with Crippen LogP contribution >= 0.6 is 0 Å². The van der Waals surface area contributed by atoms with Gasteiger partial charge in [-0.15, -0.1) is 0 Å². The number of carbonyl (C=O) groups is 3. The molecular formula is C31H50N4O3. The summed E-state index contributed by atoms with van der Waals surface area (Å²) >= 11 is 0. The van der Waals surface area contributed by atoms with Crippen LogP contribution in [-0.2, 0) is 14.4 Å². The maximum atomic E-state index is 13.7. The van der Waals surface area contributed by atoms with Crippen LogP contribution in [0.5, 0.6) is 0 Å². The van der Waals surface area contributed by atoms with Crippen molar-refractivity contribution < 1.29 is 14.4 Å². The Morgan fingerprint density at radius 1 is 0.947 bits per heavy atom. The van der Waals surface area contributed by atoms with E-state index in [9.17, 15) is 14.4 Å². The second-order valence-corrected chi connectivity index (χ2v) is 11.7. The smallest absolute Gasteiger partial charge is 0.247 e. The fourth-order valence-corrected chi connectivity index (χ4v) is 5.20. The predicted molar refractivity (Wildman–Crippen MR) is 154 cm³/mol. The van der Waals surface area contributed by atoms with Gasteiger partial charge in [-0.05, 0) is 64.5 Å². The molecule has 2 N–H and O–H groups in total. The third kappa shape index (κ3) is 8.42. The first-order chi connectivity index (χ1) is 17.8. The van der Waals surface area contributed by atoms with E-state index in [1.807, 2.05) is 71.0 Å². The van der Waals surface area contributed by atoms with E-state index in [4.69, 9.17) is 0 Å². The average Bonchev–Trinajstić information content (AvgIpc) is 2.89. The van der Waals surface area contributed by atoms with Crippen molar-refractivity contribution in [2.45, 2.75) is 105 Å². The van der Waals surface area contributed by atoms with Crippen LogP contribution in [0.1, 0.15) is 86.3 Å². The maximum absolute atomic E-state index is 13.7. The Balaban J connectivity index is 2.16. The van der Waals surface area contributed by atoms with Crippen LogP contribution in [0.25, 0.3) is 0 Å². The van der Waals surface area contributed by atoms with E-state index in [1.54, 1.807) is 18.9 Å². The molecule has 3 amide bonds. The van der Waals surface area contributed by atoms with E-state index in [1.165, 1.54) is 0 Å². The molecule has 38 heavy (non-hydrogen) atoms. The van der Waals surface area contributed by atoms with E-state index in [2.05, 4.69) is 29.4 Å². The Kier molecular flexibility index (Phi) is 12.0. The van der Waals surface area contributed by atoms with Gasteiger partial charge < -0.3 is 15.5 Å². The topological polar surface area (TPSA) is 81.8 Å². The van der Waals surface area contributed by atoms with Crippen LogP contribution in [0, 0.1) is 11.8 Å². The van der Waals surface area contributed by atoms with Gasteiger partial charge in [-0.2, -0.15) is 0 Å². The molecular weight excluding hydrogens is 476 g/mol. The zero-order valence-electron chi connectivity index (χ0n) is 25.0. The number of benzene rings is 1. The molecule has 0 bridgehead atoms. The molecule has 1 aliphatic rings. The SMILES string of the molecule is C/C(=C\[C@H](C(C)C)N(C)C(=O)[C@@H](NC(=O)C1CCCCN1C(C)C)C(C)C)C(=O)N[C@H](C)c1ccccc1. The summed E-state index contributed by atoms with van der Waals surface area (Å²) in [6.45, 7) is 16.9. The molecule has 0 saturated carbocycles. The minimum Gasteiger partial charge on any atom is -0.346 e. The van der Waals surface area contributed by atoms with Crippen molar-refractivity contribution in [3.63, 3.8) is 0 Å². The van der Waals surface area contributed by atoms with E-state index < -0.39 is 6.04 Å². The summed E-state index contributed by atoms with van der Waals surface area (Å²) in [7, 11) is 1.77. The minimum absolute atomic E-state index is 0.0686. The highest BCUT2D eigenvalue weighted by atomic mass is 16.2. The first-order valence-electron chi connectivity index (χ1n) is 14.2. The Hall–Kier alpha value is -2.67. The Morgan fingerprint density at radius 3 is 2.13 bits per heavy atom. The zero-order chi connectivity index (χ0) is 28.6. The molecule has 1 aromatic carbocycles. The van der Waals surface area contributed by atoms with Crippen molar-refractivity contribution in [2.75, 3.05) is 13.6 Å². The van der Waals surface area contributed by atoms with Crippen molar-refractivity contribution in [2.24, 2.45) is 11.8 Å². The zero-order valence-corrected chi connectivity index (χ0v) is 25.0. The Morgan fingerprint density at radius 2 is 1.58 bits per heavy atom. The number of nitrogens with zero attached hydrogens (tertiary/aromatic N) is 2. The van der Waals surface area contributed by atoms with Gasteiger partial charge in [0.05, 0.1) is 18.1 Å². The van der Waals surface area contributed by atoms with Gasteiger partial charge in [0, 0.05) is 18.7 Å². The van der Waals surface area contributed by atoms with E-state index in [-0.39, 0.29) is 53.7 Å². The Bertz CT molecular complexity index is 957. The molecule has 1 aliphatic heterocycles. The highest BCUT2D eigenvalue weighted by Gasteiger charge is 2.36. The van der Waals surface area contributed by atoms with Gasteiger partial charge in [-0.1, -0.05) is 70.5 Å². The van der Waals surface area contributed by atoms with Crippen LogP contribution in [0.4, 0.5) is 0 Å². The molecule has 1 aromatic rings. The molecule has 212 valence electrons. The third-order valence-electron chi connectivity index (χ3n) is 7.64. The molecule has 1 fully saturated rings. The fraction of sp³-hybridized carbons (Fsp3) is 0.645. The largest absolute Gasteiger partial charge is 0.346 e. The number of carbonyl (C=O) groups excluding carboxylic acids is 3. The molecule has 1 saturated heterocycles. The number of amides is 3. The van der Waals surface area contributed by atoms with E-state index in [0.717, 1.165) is 31.4 Å². The standard InChI is InChI=1S/C31H50N4O3/c1-20(2)27(19-23(7)29(36)32-24(8)25-15-11-10-12-16-25)34(9)31(38)28(21(3)4)33-30(37)26-17-13-14-18-35(26)22(5)6/h10-12,15-16,19-22,24,26-28H,13-14,17-18H2,1-9H3,(H,32,36)(H,33,37)/b23-19+/t24-,26?,27-,28+/m1/s1. The molecule has 1 unspecified atom stereocenters. The summed E-state index contributed by atoms with van der Waals surface area (Å²) in [5.74, 6) is -0.357. The first kappa shape index (κ1) is 31.5. The van der Waals surface area contributed by atoms with Crippen molar-refractivity contribution in [3.05, 3.63) is 47.5 Å². The van der Waals surface area contributed by atoms with Gasteiger partial charge in [-0.25, -0.2) is 0 Å². The molecule has 2 rings (SSSR count). The number of piperidine rings is 1. The fourth-order valence-electron chi connectivity index (χ4n) is 5.20. The highest BCUT2D eigenvalue weighted by Crippen LogP contribution is 2.22. The number of hydrogen-bond donors (Lipinski definition) is 2. The van der Waals surface area contributed by atoms with Crippen LogP contribution in [0.3, 0.4) is 0 Å². The summed E-state index contributed by atoms with van der Waals surface area (Å²) in [6.07, 6.45) is 4.80. The Labute approximate surface area is 230 Å². The summed E-state index contributed by atoms with van der Waals surface area (Å²) in [6, 6.07) is 8.84. The average molecular weight is 527 g/mol. The number of hydrogen-bond acceptors (Lipinski definition) is 4. The van der Waals surface area contributed by atoms with E-state index >= 15 is 0 Å². The molecule has 7 heteroatoms. The van der Waals surface area contributed by atoms with Gasteiger partial charge in [0.1, 0.15) is 6.04 Å². The maximum Gasteiger partial charge on any atom is 0.247 e. The molecule has 7 nitrogen and oxygen atoms in total. The van der Waals surface area contributed by atoms with Crippen LogP contribution in [0.2, 0.25) is 0 Å². The van der Waals surface area contributed by atoms with Gasteiger partial charge >= 0.3 is 0 Å². The minimum atomic E-state index is -0.634. The van der Waals surface area contributed by atoms with Crippen molar-refractivity contribution in [1.82, 2.24) is 20.4 Å². The van der Waals surface area contributed by atoms with Gasteiger partial charge in [0.25, 0.3) is 0 Å². The normalized spacial score (nSPS) is 19.3. The van der Waals surface area contributed by atoms with Crippen molar-refractivity contribution >= 4 is 17.7 Å². The van der Waals surface area contributed by atoms with Crippen molar-refractivity contribution in [1.29, 1.82) is 0 Å². The quantitative estimate of drug-likeness (QED) is 0.410. The van der Waals surface area contributed by atoms with Crippen LogP contribution in [-0.4, -0.2) is 65.3 Å². The second kappa shape index (κ2) is 14.5. The lowest BCUT2D eigenvalue weighted by Gasteiger charge is -2.39. The number of rotatable bonds is 11. The lowest BCUT2D eigenvalue weighted by Crippen LogP contribution is -2.58. The lowest BCUT2D eigenvalue weighted by molar-refractivity contribution is -0.140. The molecule has 0 spiro atoms. The summed E-state index contributed by atoms with van der Waals surface area (Å²) < 4.78 is 0. The van der Waals surface area contributed by atoms with E-state index in [0.29, 0.717) is 5.57 Å². The molecule has 4 atom stereocenters. The molecule has 1 heterocycles. The van der Waals surface area contributed by atoms with Gasteiger partial charge in [0.2, 0.25) is 17.7 Å². The van der Waals surface area contributed by atoms with Gasteiger partial charge in [-0.3, -0.25) is 19.3 Å². The van der Waals surface area contributed by atoms with Crippen molar-refractivity contribution in [3.8, 4) is 0 Å². The second-order valence-electron chi connectivity index (χ2n) is 11.7. The monoisotopic (exact) mass is 526 g/mol. The highest BCUT2D eigenvalue weighted by molar-refractivity contribution is 5.93. The lowest BCUT2D eigenvalue weighted by atomic mass is 9.95. The van der Waals surface area contributed by atoms with Crippen LogP contribution < -0.4 is 10.6 Å². The molecule has 0 radical (unpaired) electrons. The predicted octanol–water partition coefficient (Wildman–Crippen LogP) is 4.70. The number of likely N-dealkylation sites (N-methyl/N-ethyl adjacent to an activating group) is 1. The van der Waals surface area contributed by atoms with Gasteiger partial charge in [0.15, 0.2) is 0 Å². The summed E-state index contributed by atoms with van der Waals surface area (Å²) in [4.78, 5) is 44.0.